The number of aryl methyl sites for hydroxylation is 1. The number of amides is 1. The van der Waals surface area contributed by atoms with Crippen LogP contribution in [0.15, 0.2) is 41.3 Å². The molecule has 0 radical (unpaired) electrons. The highest BCUT2D eigenvalue weighted by atomic mass is 79.9. The molecule has 0 saturated carbocycles. The van der Waals surface area contributed by atoms with Crippen molar-refractivity contribution in [1.29, 1.82) is 0 Å². The van der Waals surface area contributed by atoms with E-state index in [2.05, 4.69) is 36.4 Å². The van der Waals surface area contributed by atoms with Crippen LogP contribution in [0.5, 0.6) is 0 Å². The highest BCUT2D eigenvalue weighted by Gasteiger charge is 2.16. The molecule has 0 spiro atoms. The van der Waals surface area contributed by atoms with E-state index in [1.807, 2.05) is 6.92 Å². The first-order chi connectivity index (χ1) is 11.5. The Morgan fingerprint density at radius 2 is 2.00 bits per heavy atom. The normalized spacial score (nSPS) is 10.8. The van der Waals surface area contributed by atoms with Gasteiger partial charge in [-0.1, -0.05) is 12.1 Å². The smallest absolute Gasteiger partial charge is 0.279 e. The summed E-state index contributed by atoms with van der Waals surface area (Å²) in [4.78, 5) is 16.3. The van der Waals surface area contributed by atoms with Crippen molar-refractivity contribution in [3.8, 4) is 0 Å². The van der Waals surface area contributed by atoms with Crippen LogP contribution in [0.25, 0.3) is 0 Å². The van der Waals surface area contributed by atoms with Crippen LogP contribution in [0, 0.1) is 5.82 Å². The summed E-state index contributed by atoms with van der Waals surface area (Å²) >= 11 is 3.31. The Balaban J connectivity index is 1.68. The van der Waals surface area contributed by atoms with Crippen molar-refractivity contribution in [3.63, 3.8) is 0 Å². The fraction of sp³-hybridized carbons (Fsp3) is 0.200. The molecule has 0 unspecified atom stereocenters. The number of carbonyl (C=O) groups excluding carboxylic acids is 1. The van der Waals surface area contributed by atoms with Gasteiger partial charge >= 0.3 is 0 Å². The first-order valence-corrected chi connectivity index (χ1v) is 8.02. The predicted octanol–water partition coefficient (Wildman–Crippen LogP) is 2.70. The lowest BCUT2D eigenvalue weighted by Gasteiger charge is -2.01. The number of nitrogens with zero attached hydrogens (tertiary/aromatic N) is 5. The SMILES string of the molecule is CCn1cc(Br)c(C(=O)Nc2ncn(Cc3ccc(F)cc3)n2)n1. The van der Waals surface area contributed by atoms with Gasteiger partial charge in [0.2, 0.25) is 5.95 Å². The van der Waals surface area contributed by atoms with Crippen LogP contribution in [0.3, 0.4) is 0 Å². The quantitative estimate of drug-likeness (QED) is 0.723. The zero-order chi connectivity index (χ0) is 17.1. The molecular weight excluding hydrogens is 379 g/mol. The Labute approximate surface area is 145 Å². The number of hydrogen-bond acceptors (Lipinski definition) is 4. The van der Waals surface area contributed by atoms with E-state index in [0.717, 1.165) is 5.56 Å². The summed E-state index contributed by atoms with van der Waals surface area (Å²) in [6, 6.07) is 6.11. The minimum atomic E-state index is -0.395. The molecule has 3 aromatic rings. The van der Waals surface area contributed by atoms with E-state index in [9.17, 15) is 9.18 Å². The molecule has 124 valence electrons. The lowest BCUT2D eigenvalue weighted by atomic mass is 10.2. The number of anilines is 1. The maximum atomic E-state index is 12.9. The summed E-state index contributed by atoms with van der Waals surface area (Å²) in [6.45, 7) is 3.02. The van der Waals surface area contributed by atoms with Crippen molar-refractivity contribution in [2.24, 2.45) is 0 Å². The van der Waals surface area contributed by atoms with Crippen LogP contribution < -0.4 is 5.32 Å². The number of nitrogens with one attached hydrogen (secondary N) is 1. The molecule has 9 heteroatoms. The highest BCUT2D eigenvalue weighted by Crippen LogP contribution is 2.16. The molecule has 2 aromatic heterocycles. The molecule has 0 aliphatic carbocycles. The number of halogens is 2. The standard InChI is InChI=1S/C15H14BrFN6O/c1-2-22-8-12(16)13(20-22)14(24)19-15-18-9-23(21-15)7-10-3-5-11(17)6-4-10/h3-6,8-9H,2,7H2,1H3,(H,19,21,24). The Hall–Kier alpha value is -2.55. The molecule has 2 heterocycles. The fourth-order valence-corrected chi connectivity index (χ4v) is 2.57. The van der Waals surface area contributed by atoms with Gasteiger partial charge in [0.05, 0.1) is 11.0 Å². The predicted molar refractivity (Wildman–Crippen MR) is 89.1 cm³/mol. The van der Waals surface area contributed by atoms with Gasteiger partial charge in [0.1, 0.15) is 12.1 Å². The molecule has 7 nitrogen and oxygen atoms in total. The van der Waals surface area contributed by atoms with Crippen LogP contribution in [-0.4, -0.2) is 30.5 Å². The van der Waals surface area contributed by atoms with Crippen LogP contribution in [0.2, 0.25) is 0 Å². The zero-order valence-corrected chi connectivity index (χ0v) is 14.4. The second kappa shape index (κ2) is 6.91. The van der Waals surface area contributed by atoms with Crippen molar-refractivity contribution in [2.45, 2.75) is 20.0 Å². The number of benzene rings is 1. The van der Waals surface area contributed by atoms with Gasteiger partial charge in [0.15, 0.2) is 5.69 Å². The van der Waals surface area contributed by atoms with Crippen molar-refractivity contribution < 1.29 is 9.18 Å². The largest absolute Gasteiger partial charge is 0.288 e. The molecule has 1 aromatic carbocycles. The molecule has 1 N–H and O–H groups in total. The summed E-state index contributed by atoms with van der Waals surface area (Å²) in [5.74, 6) is -0.504. The van der Waals surface area contributed by atoms with Crippen molar-refractivity contribution in [3.05, 3.63) is 58.3 Å². The first-order valence-electron chi connectivity index (χ1n) is 7.23. The average molecular weight is 393 g/mol. The van der Waals surface area contributed by atoms with Crippen LogP contribution >= 0.6 is 15.9 Å². The number of hydrogen-bond donors (Lipinski definition) is 1. The van der Waals surface area contributed by atoms with Crippen molar-refractivity contribution in [2.75, 3.05) is 5.32 Å². The number of rotatable bonds is 5. The Morgan fingerprint density at radius 1 is 1.25 bits per heavy atom. The lowest BCUT2D eigenvalue weighted by Crippen LogP contribution is -2.15. The monoisotopic (exact) mass is 392 g/mol. The third-order valence-electron chi connectivity index (χ3n) is 3.28. The molecule has 0 aliphatic rings. The van der Waals surface area contributed by atoms with Gasteiger partial charge in [-0.25, -0.2) is 14.1 Å². The second-order valence-electron chi connectivity index (χ2n) is 5.03. The van der Waals surface area contributed by atoms with E-state index in [0.29, 0.717) is 17.6 Å². The molecule has 0 aliphatic heterocycles. The maximum absolute atomic E-state index is 12.9. The minimum absolute atomic E-state index is 0.181. The molecular formula is C15H14BrFN6O. The van der Waals surface area contributed by atoms with Gasteiger partial charge in [0, 0.05) is 12.7 Å². The molecule has 0 bridgehead atoms. The van der Waals surface area contributed by atoms with E-state index >= 15 is 0 Å². The van der Waals surface area contributed by atoms with E-state index in [-0.39, 0.29) is 17.5 Å². The lowest BCUT2D eigenvalue weighted by molar-refractivity contribution is 0.102. The van der Waals surface area contributed by atoms with Crippen molar-refractivity contribution in [1.82, 2.24) is 24.5 Å². The maximum Gasteiger partial charge on any atom is 0.279 e. The van der Waals surface area contributed by atoms with Gasteiger partial charge in [-0.3, -0.25) is 14.8 Å². The summed E-state index contributed by atoms with van der Waals surface area (Å²) in [6.07, 6.45) is 3.23. The van der Waals surface area contributed by atoms with Crippen LogP contribution in [0.4, 0.5) is 10.3 Å². The number of carbonyl (C=O) groups is 1. The van der Waals surface area contributed by atoms with Gasteiger partial charge in [0.25, 0.3) is 5.91 Å². The van der Waals surface area contributed by atoms with Crippen molar-refractivity contribution >= 4 is 27.8 Å². The summed E-state index contributed by atoms with van der Waals surface area (Å²) in [5.41, 5.74) is 1.15. The van der Waals surface area contributed by atoms with E-state index < -0.39 is 5.91 Å². The molecule has 3 rings (SSSR count). The molecule has 0 fully saturated rings. The van der Waals surface area contributed by atoms with Crippen LogP contribution in [-0.2, 0) is 13.1 Å². The summed E-state index contributed by atoms with van der Waals surface area (Å²) in [5, 5.41) is 11.0. The van der Waals surface area contributed by atoms with Gasteiger partial charge in [-0.05, 0) is 40.5 Å². The molecule has 24 heavy (non-hydrogen) atoms. The van der Waals surface area contributed by atoms with E-state index in [4.69, 9.17) is 0 Å². The average Bonchev–Trinajstić information content (AvgIpc) is 3.16. The zero-order valence-electron chi connectivity index (χ0n) is 12.8. The second-order valence-corrected chi connectivity index (χ2v) is 5.88. The highest BCUT2D eigenvalue weighted by molar-refractivity contribution is 9.10. The topological polar surface area (TPSA) is 77.6 Å². The Morgan fingerprint density at radius 3 is 2.67 bits per heavy atom. The first kappa shape index (κ1) is 16.3. The Bertz CT molecular complexity index is 857. The van der Waals surface area contributed by atoms with Gasteiger partial charge in [-0.2, -0.15) is 5.10 Å². The third kappa shape index (κ3) is 3.67. The minimum Gasteiger partial charge on any atom is -0.288 e. The summed E-state index contributed by atoms with van der Waals surface area (Å²) in [7, 11) is 0. The van der Waals surface area contributed by atoms with Gasteiger partial charge < -0.3 is 0 Å². The number of aromatic nitrogens is 5. The molecule has 0 saturated heterocycles. The van der Waals surface area contributed by atoms with E-state index in [1.165, 1.54) is 18.5 Å². The van der Waals surface area contributed by atoms with Crippen LogP contribution in [0.1, 0.15) is 23.0 Å². The third-order valence-corrected chi connectivity index (χ3v) is 3.86. The molecule has 1 amide bonds. The Kier molecular flexibility index (Phi) is 4.70. The van der Waals surface area contributed by atoms with E-state index in [1.54, 1.807) is 27.7 Å². The molecule has 0 atom stereocenters. The van der Waals surface area contributed by atoms with Gasteiger partial charge in [-0.15, -0.1) is 5.10 Å². The fourth-order valence-electron chi connectivity index (χ4n) is 2.08. The summed E-state index contributed by atoms with van der Waals surface area (Å²) < 4.78 is 16.7.